The van der Waals surface area contributed by atoms with Crippen molar-refractivity contribution in [3.05, 3.63) is 63.5 Å². The van der Waals surface area contributed by atoms with Crippen molar-refractivity contribution in [1.82, 2.24) is 0 Å². The lowest BCUT2D eigenvalue weighted by Crippen LogP contribution is -2.13. The maximum Gasteiger partial charge on any atom is 0.205 e. The number of hydrogen-bond donors (Lipinski definition) is 0. The van der Waals surface area contributed by atoms with E-state index in [4.69, 9.17) is 10.5 Å². The van der Waals surface area contributed by atoms with Gasteiger partial charge in [0.05, 0.1) is 9.06 Å². The third kappa shape index (κ3) is 2.09. The van der Waals surface area contributed by atoms with Gasteiger partial charge in [-0.15, -0.1) is 22.7 Å². The number of fused-ring (bicyclic) bond motifs is 1. The van der Waals surface area contributed by atoms with Gasteiger partial charge in [-0.3, -0.25) is 14.3 Å². The summed E-state index contributed by atoms with van der Waals surface area (Å²) in [5, 5.41) is 18.7. The van der Waals surface area contributed by atoms with Crippen LogP contribution < -0.4 is 10.9 Å². The van der Waals surface area contributed by atoms with Crippen LogP contribution in [0.15, 0.2) is 33.9 Å². The Balaban J connectivity index is 0.00000161. The number of halogens is 1. The van der Waals surface area contributed by atoms with Gasteiger partial charge < -0.3 is 0 Å². The van der Waals surface area contributed by atoms with Gasteiger partial charge in [0, 0.05) is 10.8 Å². The van der Waals surface area contributed by atoms with Crippen LogP contribution in [0.25, 0.3) is 10.8 Å². The van der Waals surface area contributed by atoms with E-state index < -0.39 is 0 Å². The molecule has 0 saturated carbocycles. The van der Waals surface area contributed by atoms with Crippen molar-refractivity contribution in [2.24, 2.45) is 0 Å². The van der Waals surface area contributed by atoms with Gasteiger partial charge in [-0.25, -0.2) is 0 Å². The van der Waals surface area contributed by atoms with Crippen LogP contribution in [0.3, 0.4) is 0 Å². The molecule has 21 heavy (non-hydrogen) atoms. The van der Waals surface area contributed by atoms with Crippen LogP contribution in [-0.4, -0.2) is 0 Å². The summed E-state index contributed by atoms with van der Waals surface area (Å²) in [6, 6.07) is 10.4. The molecule has 0 atom stereocenters. The summed E-state index contributed by atoms with van der Waals surface area (Å²) < 4.78 is 0.489. The fraction of sp³-hybridized carbons (Fsp3) is 0. The van der Waals surface area contributed by atoms with E-state index in [1.54, 1.807) is 24.3 Å². The van der Waals surface area contributed by atoms with Crippen LogP contribution in [-0.2, 0) is 0 Å². The molecule has 0 amide bonds. The largest absolute Gasteiger partial charge is 0.288 e. The molecule has 1 aliphatic heterocycles. The Hall–Kier alpha value is -2.61. The van der Waals surface area contributed by atoms with Crippen LogP contribution in [0, 0.1) is 31.7 Å². The summed E-state index contributed by atoms with van der Waals surface area (Å²) in [5.41, 5.74) is -0.533. The van der Waals surface area contributed by atoms with Crippen molar-refractivity contribution in [1.29, 1.82) is 10.5 Å². The lowest BCUT2D eigenvalue weighted by Gasteiger charge is -1.98. The smallest absolute Gasteiger partial charge is 0.205 e. The summed E-state index contributed by atoms with van der Waals surface area (Å²) in [5.74, 6) is 0. The second-order valence-electron chi connectivity index (χ2n) is 3.95. The number of hydrogen-bond acceptors (Lipinski definition) is 6. The Morgan fingerprint density at radius 2 is 1.19 bits per heavy atom. The van der Waals surface area contributed by atoms with E-state index in [0.717, 1.165) is 22.7 Å². The van der Waals surface area contributed by atoms with Crippen LogP contribution in [0.1, 0.15) is 9.75 Å². The number of nitriles is 2. The molecular formula is C14H5FN2O2S2. The summed E-state index contributed by atoms with van der Waals surface area (Å²) in [6.45, 7) is 0. The predicted molar refractivity (Wildman–Crippen MR) is 79.5 cm³/mol. The minimum atomic E-state index is -0.266. The molecular weight excluding hydrogens is 311 g/mol. The zero-order valence-electron chi connectivity index (χ0n) is 10.2. The fourth-order valence-corrected chi connectivity index (χ4v) is 4.01. The Labute approximate surface area is 124 Å². The molecule has 102 valence electrons. The SMILES string of the molecule is F.N#Cc1sc2c(=O)c3ccccc3c(=O)c=2sc1C#N. The van der Waals surface area contributed by atoms with Gasteiger partial charge in [-0.2, -0.15) is 10.5 Å². The fourth-order valence-electron chi connectivity index (χ4n) is 1.96. The molecule has 1 heterocycles. The average Bonchev–Trinajstić information content (AvgIpc) is 2.51. The lowest BCUT2D eigenvalue weighted by atomic mass is 10.1. The topological polar surface area (TPSA) is 81.7 Å². The van der Waals surface area contributed by atoms with E-state index in [9.17, 15) is 9.59 Å². The second-order valence-corrected chi connectivity index (χ2v) is 5.99. The first-order valence-electron chi connectivity index (χ1n) is 5.50. The van der Waals surface area contributed by atoms with Crippen molar-refractivity contribution in [3.8, 4) is 12.1 Å². The maximum absolute atomic E-state index is 12.4. The molecule has 0 unspecified atom stereocenters. The Morgan fingerprint density at radius 3 is 1.52 bits per heavy atom. The van der Waals surface area contributed by atoms with Gasteiger partial charge in [0.1, 0.15) is 21.9 Å². The van der Waals surface area contributed by atoms with E-state index in [-0.39, 0.29) is 34.4 Å². The molecule has 4 nitrogen and oxygen atoms in total. The van der Waals surface area contributed by atoms with Gasteiger partial charge in [0.25, 0.3) is 0 Å². The Bertz CT molecular complexity index is 1030. The molecule has 0 N–H and O–H groups in total. The zero-order chi connectivity index (χ0) is 14.3. The van der Waals surface area contributed by atoms with Gasteiger partial charge in [-0.05, 0) is 0 Å². The average molecular weight is 316 g/mol. The normalized spacial score (nSPS) is 9.81. The summed E-state index contributed by atoms with van der Waals surface area (Å²) in [4.78, 5) is 25.1. The summed E-state index contributed by atoms with van der Waals surface area (Å²) in [6.07, 6.45) is 0. The quantitative estimate of drug-likeness (QED) is 0.637. The highest BCUT2D eigenvalue weighted by atomic mass is 32.1. The third-order valence-electron chi connectivity index (χ3n) is 2.85. The van der Waals surface area contributed by atoms with Gasteiger partial charge in [0.2, 0.25) is 10.9 Å². The summed E-state index contributed by atoms with van der Waals surface area (Å²) >= 11 is 1.82. The molecule has 7 heteroatoms. The monoisotopic (exact) mass is 316 g/mol. The van der Waals surface area contributed by atoms with Gasteiger partial charge in [-0.1, -0.05) is 24.3 Å². The molecule has 0 aromatic heterocycles. The molecule has 2 aliphatic rings. The van der Waals surface area contributed by atoms with Gasteiger partial charge in [0.15, 0.2) is 0 Å². The van der Waals surface area contributed by atoms with Crippen LogP contribution >= 0.6 is 22.7 Å². The van der Waals surface area contributed by atoms with E-state index in [0.29, 0.717) is 10.8 Å². The molecule has 1 aromatic rings. The standard InChI is InChI=1S/C14H4N2O2S2.FH/c15-5-9-10(6-16)20-14-12(18)8-4-2-1-3-7(8)11(17)13(14)19-9;/h1-4H;1H. The van der Waals surface area contributed by atoms with Crippen molar-refractivity contribution in [2.45, 2.75) is 0 Å². The first-order chi connectivity index (χ1) is 9.67. The Kier molecular flexibility index (Phi) is 3.81. The third-order valence-corrected chi connectivity index (χ3v) is 5.30. The first-order valence-corrected chi connectivity index (χ1v) is 7.13. The minimum Gasteiger partial charge on any atom is -0.288 e. The molecule has 3 rings (SSSR count). The highest BCUT2D eigenvalue weighted by molar-refractivity contribution is 7.18. The summed E-state index contributed by atoms with van der Waals surface area (Å²) in [7, 11) is 0. The maximum atomic E-state index is 12.4. The molecule has 0 bridgehead atoms. The number of rotatable bonds is 0. The van der Waals surface area contributed by atoms with Crippen LogP contribution in [0.2, 0.25) is 0 Å². The molecule has 0 spiro atoms. The van der Waals surface area contributed by atoms with Gasteiger partial charge >= 0.3 is 0 Å². The lowest BCUT2D eigenvalue weighted by molar-refractivity contribution is 1.11. The Morgan fingerprint density at radius 1 is 0.810 bits per heavy atom. The predicted octanol–water partition coefficient (Wildman–Crippen LogP) is 2.30. The van der Waals surface area contributed by atoms with Crippen molar-refractivity contribution in [3.63, 3.8) is 0 Å². The van der Waals surface area contributed by atoms with E-state index in [2.05, 4.69) is 0 Å². The van der Waals surface area contributed by atoms with Crippen molar-refractivity contribution in [2.75, 3.05) is 0 Å². The molecule has 0 fully saturated rings. The van der Waals surface area contributed by atoms with Crippen molar-refractivity contribution >= 4 is 33.4 Å². The first kappa shape index (κ1) is 14.8. The minimum absolute atomic E-state index is 0. The second kappa shape index (κ2) is 5.41. The van der Waals surface area contributed by atoms with Crippen molar-refractivity contribution < 1.29 is 4.70 Å². The molecule has 0 saturated heterocycles. The number of benzene rings is 1. The number of nitrogens with zero attached hydrogens (tertiary/aromatic N) is 2. The van der Waals surface area contributed by atoms with E-state index in [1.807, 2.05) is 12.1 Å². The molecule has 1 aliphatic carbocycles. The van der Waals surface area contributed by atoms with Crippen LogP contribution in [0.4, 0.5) is 4.70 Å². The highest BCUT2D eigenvalue weighted by Crippen LogP contribution is 2.20. The highest BCUT2D eigenvalue weighted by Gasteiger charge is 2.12. The van der Waals surface area contributed by atoms with E-state index >= 15 is 0 Å². The molecule has 0 radical (unpaired) electrons. The zero-order valence-corrected chi connectivity index (χ0v) is 11.9. The van der Waals surface area contributed by atoms with Crippen LogP contribution in [0.5, 0.6) is 0 Å². The molecule has 1 aromatic carbocycles. The van der Waals surface area contributed by atoms with E-state index in [1.165, 1.54) is 0 Å².